The highest BCUT2D eigenvalue weighted by atomic mass is 16.5. The molecule has 0 saturated carbocycles. The van der Waals surface area contributed by atoms with Gasteiger partial charge in [0.1, 0.15) is 11.6 Å². The molecule has 0 radical (unpaired) electrons. The molecule has 1 aliphatic heterocycles. The van der Waals surface area contributed by atoms with Gasteiger partial charge in [0.2, 0.25) is 5.91 Å². The number of aryl methyl sites for hydroxylation is 2. The summed E-state index contributed by atoms with van der Waals surface area (Å²) in [6.45, 7) is 8.11. The number of carbonyl (C=O) groups is 1. The molecule has 130 valence electrons. The first-order valence-electron chi connectivity index (χ1n) is 8.18. The Morgan fingerprint density at radius 3 is 2.61 bits per heavy atom. The van der Waals surface area contributed by atoms with Crippen LogP contribution in [-0.4, -0.2) is 64.1 Å². The van der Waals surface area contributed by atoms with Crippen LogP contribution in [0.1, 0.15) is 31.4 Å². The molecule has 0 spiro atoms. The standard InChI is InChI=1S/C16H28N4O3/c1-12(9-20-14(3)17-13(2)18-20)15(22)19(4)10-16(11-21)5-7-23-8-6-16/h12,21H,5-11H2,1-4H3/t12-/m1/s1. The van der Waals surface area contributed by atoms with Crippen molar-refractivity contribution in [2.75, 3.05) is 33.4 Å². The second kappa shape index (κ2) is 7.40. The third-order valence-electron chi connectivity index (χ3n) is 4.67. The second-order valence-electron chi connectivity index (χ2n) is 6.75. The lowest BCUT2D eigenvalue weighted by Gasteiger charge is -2.39. The fourth-order valence-corrected chi connectivity index (χ4v) is 3.20. The summed E-state index contributed by atoms with van der Waals surface area (Å²) in [5.41, 5.74) is -0.234. The average Bonchev–Trinajstić information content (AvgIpc) is 2.84. The van der Waals surface area contributed by atoms with E-state index in [9.17, 15) is 9.90 Å². The molecule has 1 aromatic rings. The Hall–Kier alpha value is -1.47. The highest BCUT2D eigenvalue weighted by Crippen LogP contribution is 2.31. The molecule has 1 N–H and O–H groups in total. The Balaban J connectivity index is 1.96. The van der Waals surface area contributed by atoms with E-state index in [2.05, 4.69) is 10.1 Å². The van der Waals surface area contributed by atoms with E-state index in [0.717, 1.165) is 24.5 Å². The minimum absolute atomic E-state index is 0.0665. The van der Waals surface area contributed by atoms with Crippen molar-refractivity contribution in [3.05, 3.63) is 11.6 Å². The predicted octanol–water partition coefficient (Wildman–Crippen LogP) is 0.779. The molecule has 0 bridgehead atoms. The summed E-state index contributed by atoms with van der Waals surface area (Å²) in [6, 6.07) is 0. The third kappa shape index (κ3) is 4.29. The molecule has 1 aromatic heterocycles. The molecule has 0 unspecified atom stereocenters. The van der Waals surface area contributed by atoms with E-state index in [-0.39, 0.29) is 23.8 Å². The molecule has 1 aliphatic rings. The van der Waals surface area contributed by atoms with E-state index >= 15 is 0 Å². The van der Waals surface area contributed by atoms with Gasteiger partial charge in [-0.15, -0.1) is 0 Å². The van der Waals surface area contributed by atoms with Crippen LogP contribution >= 0.6 is 0 Å². The molecule has 1 amide bonds. The average molecular weight is 324 g/mol. The smallest absolute Gasteiger partial charge is 0.227 e. The van der Waals surface area contributed by atoms with Gasteiger partial charge in [-0.25, -0.2) is 9.67 Å². The predicted molar refractivity (Wildman–Crippen MR) is 85.9 cm³/mol. The van der Waals surface area contributed by atoms with E-state index in [1.54, 1.807) is 9.58 Å². The van der Waals surface area contributed by atoms with Gasteiger partial charge in [0.05, 0.1) is 19.1 Å². The first-order chi connectivity index (χ1) is 10.9. The summed E-state index contributed by atoms with van der Waals surface area (Å²) in [7, 11) is 1.81. The first kappa shape index (κ1) is 17.9. The maximum absolute atomic E-state index is 12.6. The van der Waals surface area contributed by atoms with E-state index in [0.29, 0.717) is 26.3 Å². The van der Waals surface area contributed by atoms with Crippen molar-refractivity contribution in [2.24, 2.45) is 11.3 Å². The highest BCUT2D eigenvalue weighted by molar-refractivity contribution is 5.78. The van der Waals surface area contributed by atoms with Gasteiger partial charge in [0.25, 0.3) is 0 Å². The number of ether oxygens (including phenoxy) is 1. The Kier molecular flexibility index (Phi) is 5.75. The number of amides is 1. The summed E-state index contributed by atoms with van der Waals surface area (Å²) in [5.74, 6) is 1.42. The van der Waals surface area contributed by atoms with Crippen LogP contribution in [0, 0.1) is 25.2 Å². The van der Waals surface area contributed by atoms with Gasteiger partial charge in [0, 0.05) is 32.2 Å². The SMILES string of the molecule is Cc1nc(C)n(C[C@@H](C)C(=O)N(C)CC2(CO)CCOCC2)n1. The summed E-state index contributed by atoms with van der Waals surface area (Å²) in [5, 5.41) is 14.1. The van der Waals surface area contributed by atoms with Crippen LogP contribution in [0.3, 0.4) is 0 Å². The van der Waals surface area contributed by atoms with Crippen LogP contribution in [0.2, 0.25) is 0 Å². The fraction of sp³-hybridized carbons (Fsp3) is 0.812. The quantitative estimate of drug-likeness (QED) is 0.836. The minimum Gasteiger partial charge on any atom is -0.396 e. The number of aromatic nitrogens is 3. The number of aliphatic hydroxyl groups excluding tert-OH is 1. The molecular weight excluding hydrogens is 296 g/mol. The third-order valence-corrected chi connectivity index (χ3v) is 4.67. The van der Waals surface area contributed by atoms with Crippen LogP contribution in [0.15, 0.2) is 0 Å². The van der Waals surface area contributed by atoms with Crippen molar-refractivity contribution in [3.8, 4) is 0 Å². The maximum atomic E-state index is 12.6. The van der Waals surface area contributed by atoms with Crippen LogP contribution in [0.4, 0.5) is 0 Å². The summed E-state index contributed by atoms with van der Waals surface area (Å²) in [4.78, 5) is 18.7. The van der Waals surface area contributed by atoms with E-state index in [4.69, 9.17) is 4.74 Å². The summed E-state index contributed by atoms with van der Waals surface area (Å²) in [6.07, 6.45) is 1.58. The van der Waals surface area contributed by atoms with Crippen molar-refractivity contribution in [2.45, 2.75) is 40.2 Å². The normalized spacial score (nSPS) is 18.7. The van der Waals surface area contributed by atoms with Crippen LogP contribution in [-0.2, 0) is 16.1 Å². The molecule has 0 aromatic carbocycles. The van der Waals surface area contributed by atoms with Gasteiger partial charge in [0.15, 0.2) is 0 Å². The molecule has 1 atom stereocenters. The maximum Gasteiger partial charge on any atom is 0.227 e. The van der Waals surface area contributed by atoms with Gasteiger partial charge in [-0.3, -0.25) is 4.79 Å². The van der Waals surface area contributed by atoms with Crippen molar-refractivity contribution >= 4 is 5.91 Å². The fourth-order valence-electron chi connectivity index (χ4n) is 3.20. The number of nitrogens with zero attached hydrogens (tertiary/aromatic N) is 4. The molecule has 2 heterocycles. The zero-order valence-electron chi connectivity index (χ0n) is 14.6. The zero-order chi connectivity index (χ0) is 17.0. The number of aliphatic hydroxyl groups is 1. The number of carbonyl (C=O) groups excluding carboxylic acids is 1. The second-order valence-corrected chi connectivity index (χ2v) is 6.75. The lowest BCUT2D eigenvalue weighted by molar-refractivity contribution is -0.137. The minimum atomic E-state index is -0.234. The molecule has 1 fully saturated rings. The monoisotopic (exact) mass is 324 g/mol. The summed E-state index contributed by atoms with van der Waals surface area (Å²) < 4.78 is 7.16. The van der Waals surface area contributed by atoms with E-state index < -0.39 is 0 Å². The van der Waals surface area contributed by atoms with Crippen molar-refractivity contribution in [3.63, 3.8) is 0 Å². The van der Waals surface area contributed by atoms with Gasteiger partial charge in [-0.05, 0) is 26.7 Å². The molecule has 23 heavy (non-hydrogen) atoms. The molecule has 1 saturated heterocycles. The zero-order valence-corrected chi connectivity index (χ0v) is 14.6. The van der Waals surface area contributed by atoms with E-state index in [1.807, 2.05) is 27.8 Å². The van der Waals surface area contributed by atoms with Gasteiger partial charge in [-0.1, -0.05) is 6.92 Å². The van der Waals surface area contributed by atoms with Crippen molar-refractivity contribution in [1.82, 2.24) is 19.7 Å². The number of hydrogen-bond donors (Lipinski definition) is 1. The van der Waals surface area contributed by atoms with Gasteiger partial charge >= 0.3 is 0 Å². The molecular formula is C16H28N4O3. The lowest BCUT2D eigenvalue weighted by Crippen LogP contribution is -2.46. The molecule has 7 nitrogen and oxygen atoms in total. The van der Waals surface area contributed by atoms with E-state index in [1.165, 1.54) is 0 Å². The van der Waals surface area contributed by atoms with Crippen LogP contribution in [0.25, 0.3) is 0 Å². The first-order valence-corrected chi connectivity index (χ1v) is 8.18. The Labute approximate surface area is 137 Å². The Morgan fingerprint density at radius 2 is 2.09 bits per heavy atom. The number of hydrogen-bond acceptors (Lipinski definition) is 5. The van der Waals surface area contributed by atoms with Gasteiger partial charge in [-0.2, -0.15) is 5.10 Å². The van der Waals surface area contributed by atoms with Crippen molar-refractivity contribution in [1.29, 1.82) is 0 Å². The van der Waals surface area contributed by atoms with Gasteiger partial charge < -0.3 is 14.7 Å². The topological polar surface area (TPSA) is 80.5 Å². The lowest BCUT2D eigenvalue weighted by atomic mass is 9.80. The largest absolute Gasteiger partial charge is 0.396 e. The highest BCUT2D eigenvalue weighted by Gasteiger charge is 2.35. The molecule has 2 rings (SSSR count). The molecule has 0 aliphatic carbocycles. The Bertz CT molecular complexity index is 537. The molecule has 7 heteroatoms. The van der Waals surface area contributed by atoms with Crippen LogP contribution in [0.5, 0.6) is 0 Å². The Morgan fingerprint density at radius 1 is 1.43 bits per heavy atom. The summed E-state index contributed by atoms with van der Waals surface area (Å²) >= 11 is 0. The number of rotatable bonds is 6. The van der Waals surface area contributed by atoms with Crippen molar-refractivity contribution < 1.29 is 14.6 Å². The van der Waals surface area contributed by atoms with Crippen LogP contribution < -0.4 is 0 Å².